The lowest BCUT2D eigenvalue weighted by molar-refractivity contribution is -0.255. The summed E-state index contributed by atoms with van der Waals surface area (Å²) in [5.74, 6) is -0.224. The van der Waals surface area contributed by atoms with Gasteiger partial charge in [0.25, 0.3) is 0 Å². The molecule has 4 aliphatic rings. The van der Waals surface area contributed by atoms with Crippen LogP contribution in [0.25, 0.3) is 0 Å². The first kappa shape index (κ1) is 38.8. The van der Waals surface area contributed by atoms with E-state index in [2.05, 4.69) is 25.3 Å². The maximum Gasteiger partial charge on any atom is 0.409 e. The third-order valence-corrected chi connectivity index (χ3v) is 10.7. The zero-order chi connectivity index (χ0) is 36.2. The summed E-state index contributed by atoms with van der Waals surface area (Å²) in [4.78, 5) is 21.6. The van der Waals surface area contributed by atoms with E-state index in [4.69, 9.17) is 33.7 Å². The molecule has 7 atom stereocenters. The second kappa shape index (κ2) is 18.9. The summed E-state index contributed by atoms with van der Waals surface area (Å²) in [7, 11) is 1.40. The van der Waals surface area contributed by atoms with Crippen LogP contribution in [0, 0.1) is 17.8 Å². The normalized spacial score (nSPS) is 28.8. The fraction of sp³-hybridized carbons (Fsp3) is 0.650. The van der Waals surface area contributed by atoms with Gasteiger partial charge in [-0.1, -0.05) is 49.7 Å². The first-order valence-electron chi connectivity index (χ1n) is 18.9. The Morgan fingerprint density at radius 2 is 1.88 bits per heavy atom. The molecule has 1 aromatic carbocycles. The Hall–Kier alpha value is -3.38. The second-order valence-corrected chi connectivity index (χ2v) is 13.9. The molecule has 1 saturated carbocycles. The smallest absolute Gasteiger partial charge is 0.409 e. The fourth-order valence-corrected chi connectivity index (χ4v) is 8.54. The number of rotatable bonds is 19. The van der Waals surface area contributed by atoms with E-state index in [1.54, 1.807) is 17.1 Å². The van der Waals surface area contributed by atoms with Gasteiger partial charge in [-0.3, -0.25) is 4.90 Å². The zero-order valence-corrected chi connectivity index (χ0v) is 30.5. The molecule has 0 radical (unpaired) electrons. The van der Waals surface area contributed by atoms with Gasteiger partial charge in [-0.05, 0) is 80.6 Å². The number of ether oxygens (including phenoxy) is 5. The van der Waals surface area contributed by atoms with Gasteiger partial charge in [0.05, 0.1) is 32.0 Å². The summed E-state index contributed by atoms with van der Waals surface area (Å²) in [6.45, 7) is 11.7. The van der Waals surface area contributed by atoms with Crippen molar-refractivity contribution in [2.24, 2.45) is 22.9 Å². The van der Waals surface area contributed by atoms with Crippen molar-refractivity contribution in [3.8, 4) is 11.5 Å². The van der Waals surface area contributed by atoms with Gasteiger partial charge in [0.2, 0.25) is 12.1 Å². The van der Waals surface area contributed by atoms with E-state index in [9.17, 15) is 15.0 Å². The minimum absolute atomic E-state index is 0.118. The number of amides is 1. The number of nitrogens with zero attached hydrogens (tertiary/aromatic N) is 2. The van der Waals surface area contributed by atoms with Crippen molar-refractivity contribution in [3.63, 3.8) is 0 Å². The van der Waals surface area contributed by atoms with E-state index in [1.807, 2.05) is 19.1 Å². The van der Waals surface area contributed by atoms with Crippen LogP contribution >= 0.6 is 0 Å². The molecule has 2 fully saturated rings. The van der Waals surface area contributed by atoms with Crippen molar-refractivity contribution in [3.05, 3.63) is 60.7 Å². The van der Waals surface area contributed by atoms with E-state index >= 15 is 0 Å². The monoisotopic (exact) mass is 710 g/mol. The van der Waals surface area contributed by atoms with Gasteiger partial charge < -0.3 is 38.7 Å². The SMILES string of the molecule is C=CCOc1ccc2c(c1)C1C(CCCCO)C(CCCCO)C=C3C(=NOC4CCCCO4)CC(N(CCC)C(=O)OC)C(OCC=C)(O2)C31. The highest BCUT2D eigenvalue weighted by molar-refractivity contribution is 6.03. The number of aliphatic hydroxyl groups is 2. The van der Waals surface area contributed by atoms with Gasteiger partial charge in [0.15, 0.2) is 0 Å². The summed E-state index contributed by atoms with van der Waals surface area (Å²) < 4.78 is 31.5. The number of methoxy groups -OCH3 is 1. The molecule has 0 aromatic heterocycles. The molecule has 1 amide bonds. The maximum absolute atomic E-state index is 13.7. The molecule has 1 aromatic rings. The van der Waals surface area contributed by atoms with E-state index in [1.165, 1.54) is 7.11 Å². The quantitative estimate of drug-likeness (QED) is 0.0896. The van der Waals surface area contributed by atoms with Crippen molar-refractivity contribution < 1.29 is 43.5 Å². The Labute approximate surface area is 303 Å². The Kier molecular flexibility index (Phi) is 14.4. The number of fused-ring (bicyclic) bond motifs is 2. The number of oxime groups is 1. The molecule has 0 bridgehead atoms. The number of aliphatic hydroxyl groups excluding tert-OH is 2. The molecule has 7 unspecified atom stereocenters. The number of hydrogen-bond acceptors (Lipinski definition) is 10. The molecule has 1 saturated heterocycles. The molecular formula is C40H58N2O9. The van der Waals surface area contributed by atoms with Gasteiger partial charge in [-0.2, -0.15) is 0 Å². The summed E-state index contributed by atoms with van der Waals surface area (Å²) in [6.07, 6.45) is 13.4. The highest BCUT2D eigenvalue weighted by Gasteiger charge is 2.65. The number of carbonyl (C=O) groups excluding carboxylic acids is 1. The fourth-order valence-electron chi connectivity index (χ4n) is 8.54. The van der Waals surface area contributed by atoms with Gasteiger partial charge in [-0.25, -0.2) is 4.79 Å². The first-order valence-corrected chi connectivity index (χ1v) is 18.9. The third-order valence-electron chi connectivity index (χ3n) is 10.7. The minimum atomic E-state index is -1.32. The molecular weight excluding hydrogens is 652 g/mol. The Balaban J connectivity index is 1.76. The Morgan fingerprint density at radius 1 is 1.10 bits per heavy atom. The van der Waals surface area contributed by atoms with Crippen LogP contribution < -0.4 is 9.47 Å². The van der Waals surface area contributed by atoms with Crippen molar-refractivity contribution in [2.45, 2.75) is 102 Å². The number of unbranched alkanes of at least 4 members (excludes halogenated alkanes) is 2. The molecule has 2 aliphatic carbocycles. The summed E-state index contributed by atoms with van der Waals surface area (Å²) in [5, 5.41) is 24.4. The van der Waals surface area contributed by atoms with Crippen molar-refractivity contribution in [1.82, 2.24) is 4.90 Å². The number of carbonyl (C=O) groups is 1. The van der Waals surface area contributed by atoms with E-state index in [-0.39, 0.29) is 37.6 Å². The lowest BCUT2D eigenvalue weighted by Gasteiger charge is -2.59. The molecule has 51 heavy (non-hydrogen) atoms. The minimum Gasteiger partial charge on any atom is -0.490 e. The second-order valence-electron chi connectivity index (χ2n) is 13.9. The average molecular weight is 711 g/mol. The van der Waals surface area contributed by atoms with Crippen LogP contribution in [-0.2, 0) is 19.0 Å². The summed E-state index contributed by atoms with van der Waals surface area (Å²) >= 11 is 0. The molecule has 0 spiro atoms. The topological polar surface area (TPSA) is 129 Å². The number of allylic oxidation sites excluding steroid dienone is 1. The lowest BCUT2D eigenvalue weighted by Crippen LogP contribution is -2.70. The van der Waals surface area contributed by atoms with Crippen LogP contribution in [0.4, 0.5) is 4.79 Å². The van der Waals surface area contributed by atoms with Crippen LogP contribution in [0.1, 0.15) is 89.0 Å². The summed E-state index contributed by atoms with van der Waals surface area (Å²) in [6, 6.07) is 5.29. The van der Waals surface area contributed by atoms with E-state index in [0.717, 1.165) is 61.8 Å². The van der Waals surface area contributed by atoms with Crippen LogP contribution in [0.3, 0.4) is 0 Å². The summed E-state index contributed by atoms with van der Waals surface area (Å²) in [5.41, 5.74) is 2.72. The average Bonchev–Trinajstić information content (AvgIpc) is 3.16. The van der Waals surface area contributed by atoms with Gasteiger partial charge in [-0.15, -0.1) is 6.58 Å². The van der Waals surface area contributed by atoms with Gasteiger partial charge in [0, 0.05) is 44.1 Å². The van der Waals surface area contributed by atoms with Crippen LogP contribution in [-0.4, -0.2) is 91.7 Å². The maximum atomic E-state index is 13.7. The van der Waals surface area contributed by atoms with E-state index in [0.29, 0.717) is 56.9 Å². The molecule has 11 nitrogen and oxygen atoms in total. The molecule has 2 heterocycles. The standard InChI is InChI=1S/C40H58N2O9/c1-5-19-42(39(45)46-4)35-27-33(41-51-36-16-10-13-24-48-36)31-25-28(14-8-11-20-43)30(15-9-12-21-44)37-32-26-29(47-22-6-2)17-18-34(32)50-40(35,38(31)37)49-23-7-3/h6-7,17-18,25-26,28,30,35-38,43-44H,2-3,5,8-16,19-24,27H2,1,4H3. The van der Waals surface area contributed by atoms with Gasteiger partial charge in [0.1, 0.15) is 24.1 Å². The Bertz CT molecular complexity index is 1380. The first-order chi connectivity index (χ1) is 25.0. The van der Waals surface area contributed by atoms with Crippen LogP contribution in [0.15, 0.2) is 60.3 Å². The molecule has 282 valence electrons. The van der Waals surface area contributed by atoms with Crippen molar-refractivity contribution in [1.29, 1.82) is 0 Å². The van der Waals surface area contributed by atoms with Crippen LogP contribution in [0.5, 0.6) is 11.5 Å². The number of hydrogen-bond donors (Lipinski definition) is 2. The Morgan fingerprint density at radius 3 is 2.57 bits per heavy atom. The molecule has 2 aliphatic heterocycles. The van der Waals surface area contributed by atoms with Crippen molar-refractivity contribution >= 4 is 11.8 Å². The molecule has 11 heteroatoms. The largest absolute Gasteiger partial charge is 0.490 e. The van der Waals surface area contributed by atoms with Crippen LogP contribution in [0.2, 0.25) is 0 Å². The predicted octanol–water partition coefficient (Wildman–Crippen LogP) is 6.89. The zero-order valence-electron chi connectivity index (χ0n) is 30.5. The predicted molar refractivity (Wildman–Crippen MR) is 195 cm³/mol. The lowest BCUT2D eigenvalue weighted by atomic mass is 9.55. The molecule has 5 rings (SSSR count). The third kappa shape index (κ3) is 8.64. The van der Waals surface area contributed by atoms with Gasteiger partial charge >= 0.3 is 6.09 Å². The highest BCUT2D eigenvalue weighted by atomic mass is 16.8. The number of benzene rings is 1. The highest BCUT2D eigenvalue weighted by Crippen LogP contribution is 2.62. The molecule has 2 N–H and O–H groups in total. The van der Waals surface area contributed by atoms with E-state index < -0.39 is 30.1 Å². The van der Waals surface area contributed by atoms with Crippen molar-refractivity contribution in [2.75, 3.05) is 46.7 Å².